The average molecular weight is 279 g/mol. The minimum absolute atomic E-state index is 0.0377. The molecule has 0 amide bonds. The van der Waals surface area contributed by atoms with Crippen LogP contribution in [0.1, 0.15) is 37.0 Å². The third-order valence-electron chi connectivity index (χ3n) is 3.82. The van der Waals surface area contributed by atoms with E-state index in [0.29, 0.717) is 12.1 Å². The van der Waals surface area contributed by atoms with Gasteiger partial charge in [0.05, 0.1) is 13.7 Å². The van der Waals surface area contributed by atoms with Crippen LogP contribution >= 0.6 is 0 Å². The molecule has 1 fully saturated rings. The number of Topliss-reactive ketones (excluding diaryl/α,β-unsaturated/α-hetero) is 1. The van der Waals surface area contributed by atoms with Crippen molar-refractivity contribution in [3.63, 3.8) is 0 Å². The molecule has 110 valence electrons. The molecule has 1 aromatic carbocycles. The van der Waals surface area contributed by atoms with E-state index in [-0.39, 0.29) is 16.9 Å². The van der Waals surface area contributed by atoms with Crippen LogP contribution in [0, 0.1) is 11.2 Å². The monoisotopic (exact) mass is 279 g/mol. The highest BCUT2D eigenvalue weighted by atomic mass is 19.1. The molecule has 4 heteroatoms. The van der Waals surface area contributed by atoms with Crippen molar-refractivity contribution in [1.82, 2.24) is 4.90 Å². The molecule has 0 N–H and O–H groups in total. The minimum Gasteiger partial charge on any atom is -0.494 e. The minimum atomic E-state index is -0.489. The van der Waals surface area contributed by atoms with Crippen molar-refractivity contribution < 1.29 is 13.9 Å². The van der Waals surface area contributed by atoms with E-state index in [9.17, 15) is 9.18 Å². The van der Waals surface area contributed by atoms with Gasteiger partial charge in [0.25, 0.3) is 0 Å². The molecule has 0 aromatic heterocycles. The Morgan fingerprint density at radius 3 is 2.80 bits per heavy atom. The number of benzene rings is 1. The quantitative estimate of drug-likeness (QED) is 0.793. The van der Waals surface area contributed by atoms with Crippen LogP contribution in [0.25, 0.3) is 0 Å². The van der Waals surface area contributed by atoms with E-state index < -0.39 is 5.82 Å². The van der Waals surface area contributed by atoms with Crippen LogP contribution in [0.15, 0.2) is 18.2 Å². The van der Waals surface area contributed by atoms with Crippen molar-refractivity contribution in [3.8, 4) is 5.75 Å². The Morgan fingerprint density at radius 2 is 2.20 bits per heavy atom. The van der Waals surface area contributed by atoms with Gasteiger partial charge in [-0.2, -0.15) is 0 Å². The summed E-state index contributed by atoms with van der Waals surface area (Å²) in [7, 11) is 1.41. The Morgan fingerprint density at radius 1 is 1.45 bits per heavy atom. The third kappa shape index (κ3) is 3.57. The van der Waals surface area contributed by atoms with Gasteiger partial charge in [-0.1, -0.05) is 13.8 Å². The molecule has 1 aliphatic rings. The molecule has 0 spiro atoms. The molecule has 20 heavy (non-hydrogen) atoms. The number of hydrogen-bond donors (Lipinski definition) is 0. The van der Waals surface area contributed by atoms with E-state index >= 15 is 0 Å². The lowest BCUT2D eigenvalue weighted by Crippen LogP contribution is -2.42. The van der Waals surface area contributed by atoms with Crippen LogP contribution in [0.3, 0.4) is 0 Å². The van der Waals surface area contributed by atoms with E-state index in [1.54, 1.807) is 6.07 Å². The number of likely N-dealkylation sites (tertiary alicyclic amines) is 1. The predicted molar refractivity (Wildman–Crippen MR) is 76.7 cm³/mol. The van der Waals surface area contributed by atoms with Crippen LogP contribution in [-0.2, 0) is 0 Å². The van der Waals surface area contributed by atoms with Gasteiger partial charge in [0.1, 0.15) is 0 Å². The summed E-state index contributed by atoms with van der Waals surface area (Å²) in [5.41, 5.74) is 0.663. The van der Waals surface area contributed by atoms with Gasteiger partial charge in [-0.05, 0) is 43.0 Å². The Balaban J connectivity index is 2.03. The standard InChI is InChI=1S/C16H22FNO2/c1-16(2)7-4-8-18(11-16)10-14(19)12-5-6-15(20-3)13(17)9-12/h5-6,9H,4,7-8,10-11H2,1-3H3. The van der Waals surface area contributed by atoms with Gasteiger partial charge in [-0.3, -0.25) is 9.69 Å². The maximum absolute atomic E-state index is 13.6. The smallest absolute Gasteiger partial charge is 0.176 e. The molecule has 2 rings (SSSR count). The largest absolute Gasteiger partial charge is 0.494 e. The van der Waals surface area contributed by atoms with Gasteiger partial charge in [0.2, 0.25) is 0 Å². The van der Waals surface area contributed by atoms with Gasteiger partial charge in [-0.25, -0.2) is 4.39 Å². The van der Waals surface area contributed by atoms with Gasteiger partial charge >= 0.3 is 0 Å². The Bertz CT molecular complexity index is 499. The van der Waals surface area contributed by atoms with E-state index in [4.69, 9.17) is 4.74 Å². The summed E-state index contributed by atoms with van der Waals surface area (Å²) in [6, 6.07) is 4.39. The first-order valence-electron chi connectivity index (χ1n) is 7.00. The summed E-state index contributed by atoms with van der Waals surface area (Å²) in [6.07, 6.45) is 2.30. The molecule has 0 unspecified atom stereocenters. The fourth-order valence-electron chi connectivity index (χ4n) is 2.81. The van der Waals surface area contributed by atoms with E-state index in [0.717, 1.165) is 19.5 Å². The molecule has 1 aliphatic heterocycles. The summed E-state index contributed by atoms with van der Waals surface area (Å²) in [5, 5.41) is 0. The molecule has 0 bridgehead atoms. The van der Waals surface area contributed by atoms with E-state index in [2.05, 4.69) is 18.7 Å². The first-order chi connectivity index (χ1) is 9.41. The molecule has 0 atom stereocenters. The Kier molecular flexibility index (Phi) is 4.43. The van der Waals surface area contributed by atoms with E-state index in [1.165, 1.54) is 25.7 Å². The lowest BCUT2D eigenvalue weighted by molar-refractivity contribution is 0.0809. The van der Waals surface area contributed by atoms with Crippen molar-refractivity contribution in [1.29, 1.82) is 0 Å². The SMILES string of the molecule is COc1ccc(C(=O)CN2CCCC(C)(C)C2)cc1F. The predicted octanol–water partition coefficient (Wildman–Crippen LogP) is 3.14. The number of ketones is 1. The van der Waals surface area contributed by atoms with Gasteiger partial charge in [0.15, 0.2) is 17.3 Å². The van der Waals surface area contributed by atoms with Crippen LogP contribution in [0.5, 0.6) is 5.75 Å². The number of hydrogen-bond acceptors (Lipinski definition) is 3. The fraction of sp³-hybridized carbons (Fsp3) is 0.562. The first kappa shape index (κ1) is 15.0. The summed E-state index contributed by atoms with van der Waals surface area (Å²) < 4.78 is 18.5. The normalized spacial score (nSPS) is 18.8. The summed E-state index contributed by atoms with van der Waals surface area (Å²) in [4.78, 5) is 14.4. The molecule has 3 nitrogen and oxygen atoms in total. The van der Waals surface area contributed by atoms with Gasteiger partial charge in [-0.15, -0.1) is 0 Å². The summed E-state index contributed by atoms with van der Waals surface area (Å²) in [5.74, 6) is -0.359. The lowest BCUT2D eigenvalue weighted by Gasteiger charge is -2.37. The average Bonchev–Trinajstić information content (AvgIpc) is 2.37. The zero-order valence-electron chi connectivity index (χ0n) is 12.4. The van der Waals surface area contributed by atoms with Crippen LogP contribution in [0.4, 0.5) is 4.39 Å². The second kappa shape index (κ2) is 5.92. The van der Waals surface area contributed by atoms with Gasteiger partial charge in [0, 0.05) is 12.1 Å². The highest BCUT2D eigenvalue weighted by Gasteiger charge is 2.27. The number of piperidine rings is 1. The van der Waals surface area contributed by atoms with Crippen molar-refractivity contribution in [2.24, 2.45) is 5.41 Å². The van der Waals surface area contributed by atoms with Crippen LogP contribution in [-0.4, -0.2) is 37.4 Å². The molecule has 0 radical (unpaired) electrons. The molecule has 1 aromatic rings. The Hall–Kier alpha value is -1.42. The summed E-state index contributed by atoms with van der Waals surface area (Å²) >= 11 is 0. The molecular weight excluding hydrogens is 257 g/mol. The number of carbonyl (C=O) groups is 1. The van der Waals surface area contributed by atoms with Crippen LogP contribution < -0.4 is 4.74 Å². The number of ether oxygens (including phenoxy) is 1. The first-order valence-corrected chi connectivity index (χ1v) is 7.00. The second-order valence-corrected chi connectivity index (χ2v) is 6.25. The van der Waals surface area contributed by atoms with Crippen molar-refractivity contribution in [2.75, 3.05) is 26.7 Å². The highest BCUT2D eigenvalue weighted by molar-refractivity contribution is 5.97. The number of carbonyl (C=O) groups excluding carboxylic acids is 1. The highest BCUT2D eigenvalue weighted by Crippen LogP contribution is 2.28. The lowest BCUT2D eigenvalue weighted by atomic mass is 9.84. The number of methoxy groups -OCH3 is 1. The van der Waals surface area contributed by atoms with Gasteiger partial charge < -0.3 is 4.74 Å². The Labute approximate surface area is 119 Å². The topological polar surface area (TPSA) is 29.5 Å². The van der Waals surface area contributed by atoms with Crippen molar-refractivity contribution >= 4 is 5.78 Å². The molecule has 0 saturated carbocycles. The molecular formula is C16H22FNO2. The molecule has 1 saturated heterocycles. The molecule has 1 heterocycles. The maximum atomic E-state index is 13.6. The number of halogens is 1. The molecule has 0 aliphatic carbocycles. The van der Waals surface area contributed by atoms with Crippen molar-refractivity contribution in [3.05, 3.63) is 29.6 Å². The zero-order valence-corrected chi connectivity index (χ0v) is 12.4. The fourth-order valence-corrected chi connectivity index (χ4v) is 2.81. The van der Waals surface area contributed by atoms with E-state index in [1.807, 2.05) is 0 Å². The maximum Gasteiger partial charge on any atom is 0.176 e. The third-order valence-corrected chi connectivity index (χ3v) is 3.82. The summed E-state index contributed by atoms with van der Waals surface area (Å²) in [6.45, 7) is 6.65. The zero-order chi connectivity index (χ0) is 14.8. The second-order valence-electron chi connectivity index (χ2n) is 6.25. The number of rotatable bonds is 4. The number of nitrogens with zero attached hydrogens (tertiary/aromatic N) is 1. The van der Waals surface area contributed by atoms with Crippen LogP contribution in [0.2, 0.25) is 0 Å². The van der Waals surface area contributed by atoms with Crippen molar-refractivity contribution in [2.45, 2.75) is 26.7 Å².